The molecule has 1 N–H and O–H groups in total. The number of anilines is 2. The molecule has 2 aromatic heterocycles. The highest BCUT2D eigenvalue weighted by Crippen LogP contribution is 2.18. The summed E-state index contributed by atoms with van der Waals surface area (Å²) in [6.45, 7) is 0.553. The number of hydrogen-bond donors (Lipinski definition) is 1. The van der Waals surface area contributed by atoms with E-state index in [-0.39, 0.29) is 5.91 Å². The maximum Gasteiger partial charge on any atom is 0.253 e. The molecular weight excluding hydrogens is 350 g/mol. The summed E-state index contributed by atoms with van der Waals surface area (Å²) in [6, 6.07) is 10.5. The Kier molecular flexibility index (Phi) is 5.71. The summed E-state index contributed by atoms with van der Waals surface area (Å²) >= 11 is 0. The molecule has 0 atom stereocenters. The van der Waals surface area contributed by atoms with Gasteiger partial charge in [0.15, 0.2) is 11.6 Å². The Hall–Kier alpha value is -3.35. The van der Waals surface area contributed by atoms with Gasteiger partial charge < -0.3 is 10.2 Å². The number of benzene rings is 1. The second kappa shape index (κ2) is 8.35. The summed E-state index contributed by atoms with van der Waals surface area (Å²) in [4.78, 5) is 22.3. The smallest absolute Gasteiger partial charge is 0.253 e. The molecule has 3 rings (SSSR count). The Morgan fingerprint density at radius 3 is 2.56 bits per heavy atom. The monoisotopic (exact) mass is 368 g/mol. The van der Waals surface area contributed by atoms with E-state index < -0.39 is 11.6 Å². The molecule has 0 unspecified atom stereocenters. The van der Waals surface area contributed by atoms with E-state index in [2.05, 4.69) is 15.3 Å². The van der Waals surface area contributed by atoms with Crippen LogP contribution in [0.3, 0.4) is 0 Å². The van der Waals surface area contributed by atoms with E-state index in [0.29, 0.717) is 23.6 Å². The van der Waals surface area contributed by atoms with Crippen molar-refractivity contribution in [1.29, 1.82) is 0 Å². The fraction of sp³-hybridized carbons (Fsp3) is 0.150. The van der Waals surface area contributed by atoms with Gasteiger partial charge in [0.05, 0.1) is 0 Å². The number of pyridine rings is 2. The molecule has 0 saturated heterocycles. The normalized spacial score (nSPS) is 10.5. The Balaban J connectivity index is 1.66. The molecule has 27 heavy (non-hydrogen) atoms. The molecule has 5 nitrogen and oxygen atoms in total. The Morgan fingerprint density at radius 2 is 1.81 bits per heavy atom. The number of carbonyl (C=O) groups excluding carboxylic acids is 1. The van der Waals surface area contributed by atoms with Gasteiger partial charge >= 0.3 is 0 Å². The van der Waals surface area contributed by atoms with Gasteiger partial charge in [-0.1, -0.05) is 0 Å². The number of nitrogens with zero attached hydrogens (tertiary/aromatic N) is 3. The highest BCUT2D eigenvalue weighted by molar-refractivity contribution is 5.94. The largest absolute Gasteiger partial charge is 0.341 e. The number of rotatable bonds is 6. The number of nitrogens with one attached hydrogen (secondary N) is 1. The molecule has 0 saturated carbocycles. The Bertz CT molecular complexity index is 934. The molecule has 1 amide bonds. The van der Waals surface area contributed by atoms with Gasteiger partial charge in [0.1, 0.15) is 5.82 Å². The van der Waals surface area contributed by atoms with Crippen molar-refractivity contribution in [2.24, 2.45) is 0 Å². The van der Waals surface area contributed by atoms with Crippen LogP contribution in [0.15, 0.2) is 61.1 Å². The molecule has 3 aromatic rings. The zero-order valence-corrected chi connectivity index (χ0v) is 14.7. The molecule has 0 aliphatic carbocycles. The number of aromatic nitrogens is 2. The number of hydrogen-bond acceptors (Lipinski definition) is 4. The predicted octanol–water partition coefficient (Wildman–Crippen LogP) is 3.81. The molecule has 0 aliphatic rings. The van der Waals surface area contributed by atoms with E-state index in [1.807, 2.05) is 12.1 Å². The Morgan fingerprint density at radius 1 is 1.04 bits per heavy atom. The van der Waals surface area contributed by atoms with Crippen LogP contribution in [0.5, 0.6) is 0 Å². The zero-order chi connectivity index (χ0) is 19.2. The Labute approximate surface area is 155 Å². The van der Waals surface area contributed by atoms with E-state index >= 15 is 0 Å². The second-order valence-corrected chi connectivity index (χ2v) is 6.02. The number of carbonyl (C=O) groups is 1. The van der Waals surface area contributed by atoms with Gasteiger partial charge in [-0.3, -0.25) is 9.78 Å². The highest BCUT2D eigenvalue weighted by Gasteiger charge is 2.13. The minimum atomic E-state index is -0.955. The molecule has 0 aliphatic heterocycles. The number of likely N-dealkylation sites (N-methyl/N-ethyl adjacent to an activating group) is 1. The molecular formula is C20H18F2N4O. The molecule has 1 aromatic carbocycles. The predicted molar refractivity (Wildman–Crippen MR) is 98.8 cm³/mol. The van der Waals surface area contributed by atoms with Crippen LogP contribution >= 0.6 is 0 Å². The van der Waals surface area contributed by atoms with Gasteiger partial charge in [-0.25, -0.2) is 13.8 Å². The van der Waals surface area contributed by atoms with Crippen molar-refractivity contribution in [3.05, 3.63) is 83.8 Å². The molecule has 0 radical (unpaired) electrons. The lowest BCUT2D eigenvalue weighted by Gasteiger charge is -2.17. The van der Waals surface area contributed by atoms with E-state index in [1.54, 1.807) is 36.5 Å². The van der Waals surface area contributed by atoms with Crippen LogP contribution in [0.25, 0.3) is 0 Å². The second-order valence-electron chi connectivity index (χ2n) is 6.02. The quantitative estimate of drug-likeness (QED) is 0.719. The third-order valence-electron chi connectivity index (χ3n) is 4.03. The van der Waals surface area contributed by atoms with Crippen LogP contribution in [-0.4, -0.2) is 34.4 Å². The summed E-state index contributed by atoms with van der Waals surface area (Å²) in [5.74, 6) is -1.66. The average Bonchev–Trinajstić information content (AvgIpc) is 2.69. The van der Waals surface area contributed by atoms with Crippen molar-refractivity contribution in [3.8, 4) is 0 Å². The van der Waals surface area contributed by atoms with Crippen molar-refractivity contribution in [2.75, 3.05) is 18.9 Å². The summed E-state index contributed by atoms with van der Waals surface area (Å²) < 4.78 is 26.3. The maximum atomic E-state index is 13.3. The zero-order valence-electron chi connectivity index (χ0n) is 14.7. The number of halogens is 2. The average molecular weight is 368 g/mol. The van der Waals surface area contributed by atoms with E-state index in [0.717, 1.165) is 24.1 Å². The SMILES string of the molecule is CN(CCc1ccncc1)C(=O)c1ccnc(Nc2ccc(F)c(F)c2)c1. The first-order valence-corrected chi connectivity index (χ1v) is 8.35. The molecule has 0 spiro atoms. The van der Waals surface area contributed by atoms with Crippen LogP contribution in [0.1, 0.15) is 15.9 Å². The molecule has 0 fully saturated rings. The molecule has 0 bridgehead atoms. The standard InChI is InChI=1S/C20H18F2N4O/c1-26(11-7-14-4-8-23-9-5-14)20(27)15-6-10-24-19(12-15)25-16-2-3-17(21)18(22)13-16/h2-6,8-10,12-13H,7,11H2,1H3,(H,24,25). The van der Waals surface area contributed by atoms with Crippen molar-refractivity contribution in [1.82, 2.24) is 14.9 Å². The van der Waals surface area contributed by atoms with E-state index in [1.165, 1.54) is 12.3 Å². The van der Waals surface area contributed by atoms with Crippen LogP contribution in [-0.2, 0) is 6.42 Å². The fourth-order valence-corrected chi connectivity index (χ4v) is 2.52. The van der Waals surface area contributed by atoms with E-state index in [9.17, 15) is 13.6 Å². The van der Waals surface area contributed by atoms with Crippen LogP contribution in [0, 0.1) is 11.6 Å². The topological polar surface area (TPSA) is 58.1 Å². The minimum absolute atomic E-state index is 0.153. The van der Waals surface area contributed by atoms with Gasteiger partial charge in [0, 0.05) is 49.5 Å². The molecule has 7 heteroatoms. The fourth-order valence-electron chi connectivity index (χ4n) is 2.52. The van der Waals surface area contributed by atoms with Crippen LogP contribution in [0.2, 0.25) is 0 Å². The van der Waals surface area contributed by atoms with Gasteiger partial charge in [0.2, 0.25) is 0 Å². The van der Waals surface area contributed by atoms with E-state index in [4.69, 9.17) is 0 Å². The summed E-state index contributed by atoms with van der Waals surface area (Å²) in [6.07, 6.45) is 5.65. The lowest BCUT2D eigenvalue weighted by Crippen LogP contribution is -2.28. The first kappa shape index (κ1) is 18.4. The van der Waals surface area contributed by atoms with Crippen molar-refractivity contribution < 1.29 is 13.6 Å². The number of amides is 1. The van der Waals surface area contributed by atoms with Gasteiger partial charge in [-0.15, -0.1) is 0 Å². The third-order valence-corrected chi connectivity index (χ3v) is 4.03. The van der Waals surface area contributed by atoms with Crippen molar-refractivity contribution >= 4 is 17.4 Å². The lowest BCUT2D eigenvalue weighted by molar-refractivity contribution is 0.0796. The van der Waals surface area contributed by atoms with Crippen molar-refractivity contribution in [2.45, 2.75) is 6.42 Å². The highest BCUT2D eigenvalue weighted by atomic mass is 19.2. The van der Waals surface area contributed by atoms with Gasteiger partial charge in [0.25, 0.3) is 5.91 Å². The third kappa shape index (κ3) is 4.84. The molecule has 2 heterocycles. The lowest BCUT2D eigenvalue weighted by atomic mass is 10.2. The first-order chi connectivity index (χ1) is 13.0. The van der Waals surface area contributed by atoms with Crippen LogP contribution < -0.4 is 5.32 Å². The van der Waals surface area contributed by atoms with Crippen LogP contribution in [0.4, 0.5) is 20.3 Å². The van der Waals surface area contributed by atoms with Gasteiger partial charge in [-0.2, -0.15) is 0 Å². The molecule has 138 valence electrons. The summed E-state index contributed by atoms with van der Waals surface area (Å²) in [5.41, 5.74) is 1.89. The maximum absolute atomic E-state index is 13.3. The van der Waals surface area contributed by atoms with Crippen molar-refractivity contribution in [3.63, 3.8) is 0 Å². The van der Waals surface area contributed by atoms with Gasteiger partial charge in [-0.05, 0) is 48.4 Å². The summed E-state index contributed by atoms with van der Waals surface area (Å²) in [5, 5.41) is 2.87. The summed E-state index contributed by atoms with van der Waals surface area (Å²) in [7, 11) is 1.73. The first-order valence-electron chi connectivity index (χ1n) is 8.35. The minimum Gasteiger partial charge on any atom is -0.341 e.